The van der Waals surface area contributed by atoms with Gasteiger partial charge in [0.05, 0.1) is 27.9 Å². The number of pyridine rings is 1. The molecule has 0 aliphatic carbocycles. The Kier molecular flexibility index (Phi) is 9.26. The van der Waals surface area contributed by atoms with Crippen LogP contribution in [0.15, 0.2) is 69.9 Å². The van der Waals surface area contributed by atoms with Gasteiger partial charge in [-0.2, -0.15) is 5.26 Å². The summed E-state index contributed by atoms with van der Waals surface area (Å²) >= 11 is 18.6. The summed E-state index contributed by atoms with van der Waals surface area (Å²) in [6.07, 6.45) is 5.65. The number of carbonyl (C=O) groups is 1. The third kappa shape index (κ3) is 5.84. The number of para-hydroxylation sites is 1. The highest BCUT2D eigenvalue weighted by molar-refractivity contribution is 6.40. The second-order valence-corrected chi connectivity index (χ2v) is 9.89. The summed E-state index contributed by atoms with van der Waals surface area (Å²) in [6, 6.07) is 13.1. The van der Waals surface area contributed by atoms with Crippen LogP contribution < -0.4 is 11.1 Å². The Morgan fingerprint density at radius 2 is 1.76 bits per heavy atom. The van der Waals surface area contributed by atoms with Crippen molar-refractivity contribution in [3.63, 3.8) is 0 Å². The number of hydrogen-bond donors (Lipinski definition) is 2. The first-order valence-corrected chi connectivity index (χ1v) is 13.4. The van der Waals surface area contributed by atoms with E-state index in [0.717, 1.165) is 9.25 Å². The molecule has 9 nitrogen and oxygen atoms in total. The molecule has 4 aromatic rings. The molecule has 42 heavy (non-hydrogen) atoms. The highest BCUT2D eigenvalue weighted by Gasteiger charge is 2.23. The van der Waals surface area contributed by atoms with Crippen LogP contribution in [0.2, 0.25) is 15.1 Å². The van der Waals surface area contributed by atoms with Crippen LogP contribution in [0, 0.1) is 18.3 Å². The van der Waals surface area contributed by atoms with E-state index in [4.69, 9.17) is 39.5 Å². The Balaban J connectivity index is 1.79. The minimum Gasteiger partial charge on any atom is -0.494 e. The Bertz CT molecular complexity index is 1930. The van der Waals surface area contributed by atoms with Gasteiger partial charge in [-0.15, -0.1) is 5.73 Å². The first kappa shape index (κ1) is 30.3. The SMILES string of the molecule is CCOC(=O)c1[nH]n(-c2c(Cl)cc(Cl)cc2Cl)c(=O)c1C=C=CC=Cc1c(C)c(C#N)c(=O)n(-c2ccccc2)c1O. The molecule has 2 aromatic carbocycles. The highest BCUT2D eigenvalue weighted by atomic mass is 35.5. The molecule has 212 valence electrons. The van der Waals surface area contributed by atoms with Crippen molar-refractivity contribution in [1.82, 2.24) is 14.3 Å². The van der Waals surface area contributed by atoms with E-state index in [1.165, 1.54) is 36.4 Å². The number of allylic oxidation sites excluding steroid dienone is 2. The van der Waals surface area contributed by atoms with Crippen LogP contribution in [-0.4, -0.2) is 32.0 Å². The molecule has 0 bridgehead atoms. The number of nitrogens with one attached hydrogen (secondary N) is 1. The summed E-state index contributed by atoms with van der Waals surface area (Å²) in [5, 5.41) is 23.6. The summed E-state index contributed by atoms with van der Waals surface area (Å²) < 4.78 is 7.14. The number of H-pyrrole nitrogens is 1. The molecule has 4 rings (SSSR count). The van der Waals surface area contributed by atoms with Crippen molar-refractivity contribution in [2.45, 2.75) is 13.8 Å². The Hall–Kier alpha value is -4.71. The fourth-order valence-corrected chi connectivity index (χ4v) is 5.10. The van der Waals surface area contributed by atoms with Gasteiger partial charge in [-0.3, -0.25) is 14.7 Å². The number of hydrogen-bond acceptors (Lipinski definition) is 6. The van der Waals surface area contributed by atoms with Gasteiger partial charge >= 0.3 is 5.97 Å². The predicted octanol–water partition coefficient (Wildman–Crippen LogP) is 6.22. The first-order chi connectivity index (χ1) is 20.1. The lowest BCUT2D eigenvalue weighted by Gasteiger charge is -2.14. The van der Waals surface area contributed by atoms with Crippen molar-refractivity contribution in [3.8, 4) is 23.3 Å². The minimum absolute atomic E-state index is 0.0644. The lowest BCUT2D eigenvalue weighted by atomic mass is 10.0. The number of esters is 1. The lowest BCUT2D eigenvalue weighted by molar-refractivity contribution is 0.0518. The Morgan fingerprint density at radius 3 is 2.38 bits per heavy atom. The molecular weight excluding hydrogens is 603 g/mol. The van der Waals surface area contributed by atoms with E-state index < -0.39 is 17.1 Å². The quantitative estimate of drug-likeness (QED) is 0.143. The van der Waals surface area contributed by atoms with Crippen molar-refractivity contribution >= 4 is 52.9 Å². The van der Waals surface area contributed by atoms with Gasteiger partial charge in [-0.05, 0) is 61.9 Å². The fourth-order valence-electron chi connectivity index (χ4n) is 4.12. The van der Waals surface area contributed by atoms with E-state index in [-0.39, 0.29) is 61.2 Å². The highest BCUT2D eigenvalue weighted by Crippen LogP contribution is 2.31. The largest absolute Gasteiger partial charge is 0.494 e. The number of aromatic nitrogens is 3. The van der Waals surface area contributed by atoms with Gasteiger partial charge in [0.2, 0.25) is 5.88 Å². The van der Waals surface area contributed by atoms with Crippen LogP contribution in [0.5, 0.6) is 5.88 Å². The monoisotopic (exact) mass is 622 g/mol. The summed E-state index contributed by atoms with van der Waals surface area (Å²) in [5.74, 6) is -1.14. The normalized spacial score (nSPS) is 10.8. The number of ether oxygens (including phenoxy) is 1. The number of aromatic amines is 1. The first-order valence-electron chi connectivity index (χ1n) is 12.3. The molecule has 0 saturated heterocycles. The van der Waals surface area contributed by atoms with Crippen molar-refractivity contribution in [3.05, 3.63) is 124 Å². The molecular formula is C30H21Cl3N4O5. The average molecular weight is 624 g/mol. The van der Waals surface area contributed by atoms with E-state index in [1.807, 2.05) is 6.07 Å². The van der Waals surface area contributed by atoms with Crippen molar-refractivity contribution in [2.75, 3.05) is 6.61 Å². The molecule has 2 heterocycles. The molecule has 0 unspecified atom stereocenters. The average Bonchev–Trinajstić information content (AvgIpc) is 3.26. The maximum atomic E-state index is 13.3. The van der Waals surface area contributed by atoms with Crippen LogP contribution in [0.4, 0.5) is 0 Å². The van der Waals surface area contributed by atoms with Crippen LogP contribution in [-0.2, 0) is 4.74 Å². The molecule has 0 atom stereocenters. The number of carbonyl (C=O) groups excluding carboxylic acids is 1. The molecule has 0 amide bonds. The van der Waals surface area contributed by atoms with E-state index in [2.05, 4.69) is 10.8 Å². The van der Waals surface area contributed by atoms with Gasteiger partial charge in [0.1, 0.15) is 17.3 Å². The van der Waals surface area contributed by atoms with Gasteiger partial charge < -0.3 is 9.84 Å². The second kappa shape index (κ2) is 12.9. The van der Waals surface area contributed by atoms with Gasteiger partial charge in [0.25, 0.3) is 11.1 Å². The molecule has 2 N–H and O–H groups in total. The van der Waals surface area contributed by atoms with Gasteiger partial charge in [0, 0.05) is 10.6 Å². The van der Waals surface area contributed by atoms with E-state index in [1.54, 1.807) is 44.2 Å². The van der Waals surface area contributed by atoms with Crippen molar-refractivity contribution < 1.29 is 14.6 Å². The molecule has 0 saturated carbocycles. The Labute approximate surface area is 254 Å². The summed E-state index contributed by atoms with van der Waals surface area (Å²) in [4.78, 5) is 38.8. The number of aromatic hydroxyl groups is 1. The molecule has 12 heteroatoms. The second-order valence-electron chi connectivity index (χ2n) is 8.64. The van der Waals surface area contributed by atoms with Crippen molar-refractivity contribution in [2.24, 2.45) is 0 Å². The number of halogens is 3. The summed E-state index contributed by atoms with van der Waals surface area (Å²) in [7, 11) is 0. The standard InChI is InChI=1S/C30H21Cl3N4O5/c1-3-42-30(41)25-21(29(40)37(35-25)26-23(32)14-18(31)15-24(26)33)13-9-5-8-12-20-17(2)22(16-34)28(39)36(27(20)38)19-10-6-4-7-11-19/h4-8,10-15,35,38H,3H2,1-2H3. The number of nitriles is 1. The zero-order chi connectivity index (χ0) is 30.6. The van der Waals surface area contributed by atoms with Gasteiger partial charge in [-0.1, -0.05) is 59.1 Å². The topological polar surface area (TPSA) is 130 Å². The van der Waals surface area contributed by atoms with E-state index >= 15 is 0 Å². The van der Waals surface area contributed by atoms with Gasteiger partial charge in [-0.25, -0.2) is 14.0 Å². The van der Waals surface area contributed by atoms with E-state index in [0.29, 0.717) is 5.69 Å². The number of rotatable bonds is 7. The fraction of sp³-hybridized carbons (Fsp3) is 0.100. The molecule has 0 fully saturated rings. The van der Waals surface area contributed by atoms with Crippen molar-refractivity contribution in [1.29, 1.82) is 5.26 Å². The molecule has 0 radical (unpaired) electrons. The smallest absolute Gasteiger partial charge is 0.357 e. The third-order valence-electron chi connectivity index (χ3n) is 6.07. The number of benzene rings is 2. The minimum atomic E-state index is -0.786. The van der Waals surface area contributed by atoms with Crippen LogP contribution in [0.25, 0.3) is 23.5 Å². The summed E-state index contributed by atoms with van der Waals surface area (Å²) in [5.41, 5.74) is 2.13. The van der Waals surface area contributed by atoms with Crippen LogP contribution >= 0.6 is 34.8 Å². The molecule has 2 aromatic heterocycles. The predicted molar refractivity (Wildman–Crippen MR) is 162 cm³/mol. The summed E-state index contributed by atoms with van der Waals surface area (Å²) in [6.45, 7) is 3.24. The molecule has 0 aliphatic heterocycles. The zero-order valence-corrected chi connectivity index (χ0v) is 24.4. The van der Waals surface area contributed by atoms with Crippen LogP contribution in [0.1, 0.15) is 39.7 Å². The lowest BCUT2D eigenvalue weighted by Crippen LogP contribution is -2.23. The van der Waals surface area contributed by atoms with Crippen LogP contribution in [0.3, 0.4) is 0 Å². The molecule has 0 spiro atoms. The maximum Gasteiger partial charge on any atom is 0.357 e. The maximum absolute atomic E-state index is 13.3. The van der Waals surface area contributed by atoms with Gasteiger partial charge in [0.15, 0.2) is 5.69 Å². The molecule has 0 aliphatic rings. The number of nitrogens with zero attached hydrogens (tertiary/aromatic N) is 3. The third-order valence-corrected chi connectivity index (χ3v) is 6.86. The van der Waals surface area contributed by atoms with E-state index in [9.17, 15) is 24.8 Å². The zero-order valence-electron chi connectivity index (χ0n) is 22.1. The Morgan fingerprint density at radius 1 is 1.10 bits per heavy atom.